The van der Waals surface area contributed by atoms with Crippen LogP contribution in [-0.2, 0) is 19.7 Å². The molecule has 0 saturated carbocycles. The Kier molecular flexibility index (Phi) is 5.46. The van der Waals surface area contributed by atoms with Crippen molar-refractivity contribution in [3.8, 4) is 5.75 Å². The fraction of sp³-hybridized carbons (Fsp3) is 0.200. The van der Waals surface area contributed by atoms with Gasteiger partial charge in [0.25, 0.3) is 0 Å². The van der Waals surface area contributed by atoms with Crippen molar-refractivity contribution >= 4 is 11.3 Å². The summed E-state index contributed by atoms with van der Waals surface area (Å²) in [4.78, 5) is 1.36. The predicted molar refractivity (Wildman–Crippen MR) is 96.8 cm³/mol. The molecule has 1 N–H and O–H groups in total. The maximum absolute atomic E-state index is 5.94. The Labute approximate surface area is 141 Å². The minimum Gasteiger partial charge on any atom is -0.489 e. The first-order chi connectivity index (χ1) is 11.3. The van der Waals surface area contributed by atoms with Crippen LogP contribution in [0.5, 0.6) is 5.75 Å². The fourth-order valence-corrected chi connectivity index (χ4v) is 3.10. The van der Waals surface area contributed by atoms with E-state index in [0.29, 0.717) is 6.61 Å². The molecule has 0 spiro atoms. The lowest BCUT2D eigenvalue weighted by molar-refractivity contribution is 0.305. The van der Waals surface area contributed by atoms with Crippen LogP contribution < -0.4 is 10.1 Å². The van der Waals surface area contributed by atoms with E-state index in [-0.39, 0.29) is 0 Å². The van der Waals surface area contributed by atoms with E-state index in [0.717, 1.165) is 18.8 Å². The quantitative estimate of drug-likeness (QED) is 0.666. The van der Waals surface area contributed by atoms with E-state index in [9.17, 15) is 0 Å². The molecule has 2 aromatic carbocycles. The standard InChI is InChI=1S/C20H21NOS/c1-16-6-2-3-8-18(16)15-22-19-9-4-7-17(12-19)13-21-14-20-10-5-11-23-20/h2-12,21H,13-15H2,1H3. The Balaban J connectivity index is 1.53. The molecule has 3 heteroatoms. The molecule has 0 saturated heterocycles. The van der Waals surface area contributed by atoms with Crippen LogP contribution >= 0.6 is 11.3 Å². The van der Waals surface area contributed by atoms with Crippen molar-refractivity contribution in [3.63, 3.8) is 0 Å². The summed E-state index contributed by atoms with van der Waals surface area (Å²) in [6, 6.07) is 20.9. The lowest BCUT2D eigenvalue weighted by Gasteiger charge is -2.10. The van der Waals surface area contributed by atoms with Gasteiger partial charge >= 0.3 is 0 Å². The Morgan fingerprint density at radius 3 is 2.70 bits per heavy atom. The van der Waals surface area contributed by atoms with Gasteiger partial charge in [-0.25, -0.2) is 0 Å². The zero-order chi connectivity index (χ0) is 15.9. The normalized spacial score (nSPS) is 10.7. The lowest BCUT2D eigenvalue weighted by Crippen LogP contribution is -2.11. The van der Waals surface area contributed by atoms with Crippen molar-refractivity contribution < 1.29 is 4.74 Å². The molecule has 0 amide bonds. The van der Waals surface area contributed by atoms with Gasteiger partial charge in [-0.2, -0.15) is 0 Å². The zero-order valence-electron chi connectivity index (χ0n) is 13.3. The van der Waals surface area contributed by atoms with Gasteiger partial charge in [-0.1, -0.05) is 42.5 Å². The third-order valence-electron chi connectivity index (χ3n) is 3.76. The molecule has 2 nitrogen and oxygen atoms in total. The molecule has 0 aliphatic carbocycles. The average molecular weight is 323 g/mol. The van der Waals surface area contributed by atoms with Crippen molar-refractivity contribution in [3.05, 3.63) is 87.6 Å². The van der Waals surface area contributed by atoms with Gasteiger partial charge < -0.3 is 10.1 Å². The number of ether oxygens (including phenoxy) is 1. The third-order valence-corrected chi connectivity index (χ3v) is 4.64. The van der Waals surface area contributed by atoms with E-state index >= 15 is 0 Å². The number of hydrogen-bond donors (Lipinski definition) is 1. The van der Waals surface area contributed by atoms with E-state index < -0.39 is 0 Å². The number of benzene rings is 2. The Morgan fingerprint density at radius 2 is 1.87 bits per heavy atom. The van der Waals surface area contributed by atoms with Gasteiger partial charge in [0.05, 0.1) is 0 Å². The molecule has 1 heterocycles. The summed E-state index contributed by atoms with van der Waals surface area (Å²) < 4.78 is 5.94. The minimum absolute atomic E-state index is 0.610. The molecule has 0 fully saturated rings. The highest BCUT2D eigenvalue weighted by atomic mass is 32.1. The van der Waals surface area contributed by atoms with E-state index in [4.69, 9.17) is 4.74 Å². The molecular weight excluding hydrogens is 302 g/mol. The molecule has 0 atom stereocenters. The number of thiophene rings is 1. The molecule has 3 aromatic rings. The molecular formula is C20H21NOS. The van der Waals surface area contributed by atoms with Gasteiger partial charge in [-0.15, -0.1) is 11.3 Å². The van der Waals surface area contributed by atoms with Gasteiger partial charge in [0.1, 0.15) is 12.4 Å². The predicted octanol–water partition coefficient (Wildman–Crippen LogP) is 4.93. The van der Waals surface area contributed by atoms with E-state index in [1.54, 1.807) is 11.3 Å². The summed E-state index contributed by atoms with van der Waals surface area (Å²) in [6.45, 7) is 4.48. The van der Waals surface area contributed by atoms with Crippen molar-refractivity contribution in [2.75, 3.05) is 0 Å². The van der Waals surface area contributed by atoms with E-state index in [1.165, 1.54) is 21.6 Å². The van der Waals surface area contributed by atoms with Gasteiger partial charge in [-0.3, -0.25) is 0 Å². The summed E-state index contributed by atoms with van der Waals surface area (Å²) in [5, 5.41) is 5.58. The number of rotatable bonds is 7. The van der Waals surface area contributed by atoms with Crippen LogP contribution in [0.15, 0.2) is 66.0 Å². The summed E-state index contributed by atoms with van der Waals surface area (Å²) in [7, 11) is 0. The summed E-state index contributed by atoms with van der Waals surface area (Å²) in [5.41, 5.74) is 3.74. The second-order valence-electron chi connectivity index (χ2n) is 5.55. The molecule has 3 rings (SSSR count). The highest BCUT2D eigenvalue weighted by Gasteiger charge is 2.01. The SMILES string of the molecule is Cc1ccccc1COc1cccc(CNCc2cccs2)c1. The monoisotopic (exact) mass is 323 g/mol. The topological polar surface area (TPSA) is 21.3 Å². The van der Waals surface area contributed by atoms with Gasteiger partial charge in [0.2, 0.25) is 0 Å². The first kappa shape index (κ1) is 15.8. The molecule has 0 aliphatic heterocycles. The Morgan fingerprint density at radius 1 is 0.957 bits per heavy atom. The largest absolute Gasteiger partial charge is 0.489 e. The maximum atomic E-state index is 5.94. The molecule has 0 radical (unpaired) electrons. The molecule has 118 valence electrons. The highest BCUT2D eigenvalue weighted by molar-refractivity contribution is 7.09. The van der Waals surface area contributed by atoms with Crippen LogP contribution in [0.25, 0.3) is 0 Å². The number of hydrogen-bond acceptors (Lipinski definition) is 3. The van der Waals surface area contributed by atoms with E-state index in [1.807, 2.05) is 6.07 Å². The van der Waals surface area contributed by atoms with Gasteiger partial charge in [-0.05, 0) is 47.2 Å². The first-order valence-electron chi connectivity index (χ1n) is 7.80. The maximum Gasteiger partial charge on any atom is 0.120 e. The van der Waals surface area contributed by atoms with Crippen LogP contribution in [0.4, 0.5) is 0 Å². The summed E-state index contributed by atoms with van der Waals surface area (Å²) in [6.07, 6.45) is 0. The molecule has 23 heavy (non-hydrogen) atoms. The summed E-state index contributed by atoms with van der Waals surface area (Å²) >= 11 is 1.78. The smallest absolute Gasteiger partial charge is 0.120 e. The zero-order valence-corrected chi connectivity index (χ0v) is 14.1. The molecule has 0 unspecified atom stereocenters. The highest BCUT2D eigenvalue weighted by Crippen LogP contribution is 2.17. The molecule has 0 aliphatic rings. The van der Waals surface area contributed by atoms with Crippen LogP contribution in [-0.4, -0.2) is 0 Å². The van der Waals surface area contributed by atoms with Crippen LogP contribution in [0.3, 0.4) is 0 Å². The second-order valence-corrected chi connectivity index (χ2v) is 6.58. The Hall–Kier alpha value is -2.10. The van der Waals surface area contributed by atoms with Crippen LogP contribution in [0.1, 0.15) is 21.6 Å². The lowest BCUT2D eigenvalue weighted by atomic mass is 10.1. The molecule has 1 aromatic heterocycles. The van der Waals surface area contributed by atoms with Crippen LogP contribution in [0.2, 0.25) is 0 Å². The number of aryl methyl sites for hydroxylation is 1. The Bertz CT molecular complexity index is 737. The van der Waals surface area contributed by atoms with Crippen molar-refractivity contribution in [1.82, 2.24) is 5.32 Å². The fourth-order valence-electron chi connectivity index (χ4n) is 2.42. The van der Waals surface area contributed by atoms with Crippen molar-refractivity contribution in [2.45, 2.75) is 26.6 Å². The first-order valence-corrected chi connectivity index (χ1v) is 8.68. The van der Waals surface area contributed by atoms with E-state index in [2.05, 4.69) is 72.2 Å². The number of nitrogens with one attached hydrogen (secondary N) is 1. The van der Waals surface area contributed by atoms with Gasteiger partial charge in [0, 0.05) is 18.0 Å². The van der Waals surface area contributed by atoms with Crippen LogP contribution in [0, 0.1) is 6.92 Å². The summed E-state index contributed by atoms with van der Waals surface area (Å²) in [5.74, 6) is 0.920. The minimum atomic E-state index is 0.610. The van der Waals surface area contributed by atoms with Crippen molar-refractivity contribution in [2.24, 2.45) is 0 Å². The van der Waals surface area contributed by atoms with Crippen molar-refractivity contribution in [1.29, 1.82) is 0 Å². The second kappa shape index (κ2) is 7.95. The third kappa shape index (κ3) is 4.68. The average Bonchev–Trinajstić information content (AvgIpc) is 3.08. The van der Waals surface area contributed by atoms with Gasteiger partial charge in [0.15, 0.2) is 0 Å². The molecule has 0 bridgehead atoms.